The van der Waals surface area contributed by atoms with Gasteiger partial charge in [-0.25, -0.2) is 0 Å². The molecule has 3 nitrogen and oxygen atoms in total. The van der Waals surface area contributed by atoms with Crippen LogP contribution in [-0.2, 0) is 0 Å². The summed E-state index contributed by atoms with van der Waals surface area (Å²) in [6, 6.07) is 0.468. The predicted octanol–water partition coefficient (Wildman–Crippen LogP) is -0.566. The molecule has 0 aliphatic carbocycles. The summed E-state index contributed by atoms with van der Waals surface area (Å²) in [6.07, 6.45) is 2.10. The van der Waals surface area contributed by atoms with E-state index in [0.717, 1.165) is 19.5 Å². The summed E-state index contributed by atoms with van der Waals surface area (Å²) in [5.41, 5.74) is 0. The molecule has 3 atom stereocenters. The highest BCUT2D eigenvalue weighted by Gasteiger charge is 2.42. The van der Waals surface area contributed by atoms with Gasteiger partial charge in [0.25, 0.3) is 0 Å². The van der Waals surface area contributed by atoms with E-state index in [0.29, 0.717) is 6.04 Å². The lowest BCUT2D eigenvalue weighted by molar-refractivity contribution is 0.0903. The van der Waals surface area contributed by atoms with Gasteiger partial charge in [0, 0.05) is 25.1 Å². The van der Waals surface area contributed by atoms with Crippen molar-refractivity contribution in [3.63, 3.8) is 0 Å². The first-order valence-electron chi connectivity index (χ1n) is 4.36. The summed E-state index contributed by atoms with van der Waals surface area (Å²) in [5, 5.41) is 18.5. The summed E-state index contributed by atoms with van der Waals surface area (Å²) in [4.78, 5) is 2.30. The van der Waals surface area contributed by atoms with Crippen LogP contribution in [0.1, 0.15) is 12.8 Å². The predicted molar refractivity (Wildman–Crippen MR) is 41.2 cm³/mol. The lowest BCUT2D eigenvalue weighted by atomic mass is 9.97. The minimum Gasteiger partial charge on any atom is -0.396 e. The second-order valence-electron chi connectivity index (χ2n) is 3.62. The highest BCUT2D eigenvalue weighted by atomic mass is 16.3. The van der Waals surface area contributed by atoms with E-state index in [-0.39, 0.29) is 18.6 Å². The van der Waals surface area contributed by atoms with Crippen LogP contribution in [0, 0.1) is 5.92 Å². The number of rotatable bonds is 1. The molecule has 2 fully saturated rings. The number of hydrogen-bond donors (Lipinski definition) is 2. The Morgan fingerprint density at radius 1 is 1.45 bits per heavy atom. The van der Waals surface area contributed by atoms with Gasteiger partial charge in [-0.3, -0.25) is 4.90 Å². The second kappa shape index (κ2) is 2.73. The molecule has 64 valence electrons. The molecule has 0 unspecified atom stereocenters. The maximum atomic E-state index is 9.49. The van der Waals surface area contributed by atoms with Gasteiger partial charge in [0.1, 0.15) is 0 Å². The maximum absolute atomic E-state index is 9.49. The van der Waals surface area contributed by atoms with Crippen LogP contribution in [0.15, 0.2) is 0 Å². The quantitative estimate of drug-likeness (QED) is 0.536. The van der Waals surface area contributed by atoms with E-state index in [9.17, 15) is 5.11 Å². The van der Waals surface area contributed by atoms with E-state index >= 15 is 0 Å². The van der Waals surface area contributed by atoms with Gasteiger partial charge in [-0.05, 0) is 19.4 Å². The summed E-state index contributed by atoms with van der Waals surface area (Å²) in [6.45, 7) is 2.02. The lowest BCUT2D eigenvalue weighted by Gasteiger charge is -2.18. The van der Waals surface area contributed by atoms with Gasteiger partial charge < -0.3 is 10.2 Å². The zero-order chi connectivity index (χ0) is 7.84. The van der Waals surface area contributed by atoms with Crippen molar-refractivity contribution in [2.75, 3.05) is 19.7 Å². The summed E-state index contributed by atoms with van der Waals surface area (Å²) in [5.74, 6) is 0.123. The molecule has 0 saturated carbocycles. The van der Waals surface area contributed by atoms with Gasteiger partial charge >= 0.3 is 0 Å². The van der Waals surface area contributed by atoms with Gasteiger partial charge in [-0.1, -0.05) is 0 Å². The summed E-state index contributed by atoms with van der Waals surface area (Å²) in [7, 11) is 0. The number of aliphatic hydroxyl groups is 2. The zero-order valence-corrected chi connectivity index (χ0v) is 6.61. The van der Waals surface area contributed by atoms with Crippen LogP contribution in [0.3, 0.4) is 0 Å². The highest BCUT2D eigenvalue weighted by Crippen LogP contribution is 2.32. The molecule has 2 aliphatic rings. The molecule has 3 heteroatoms. The topological polar surface area (TPSA) is 43.7 Å². The van der Waals surface area contributed by atoms with Crippen LogP contribution < -0.4 is 0 Å². The molecule has 0 spiro atoms. The zero-order valence-electron chi connectivity index (χ0n) is 6.61. The van der Waals surface area contributed by atoms with Gasteiger partial charge in [0.15, 0.2) is 0 Å². The van der Waals surface area contributed by atoms with Gasteiger partial charge in [-0.2, -0.15) is 0 Å². The largest absolute Gasteiger partial charge is 0.396 e. The average Bonchev–Trinajstić information content (AvgIpc) is 2.46. The molecule has 0 radical (unpaired) electrons. The standard InChI is InChI=1S/C8H15NO2/c10-5-6-7-2-1-3-9(7)4-8(6)11/h6-8,10-11H,1-5H2/t6-,7+,8+/m0/s1. The molecule has 0 bridgehead atoms. The Morgan fingerprint density at radius 3 is 3.00 bits per heavy atom. The SMILES string of the molecule is OC[C@@H]1[C@H](O)CN2CCC[C@H]12. The number of fused-ring (bicyclic) bond motifs is 1. The molecule has 0 aromatic heterocycles. The summed E-state index contributed by atoms with van der Waals surface area (Å²) < 4.78 is 0. The second-order valence-corrected chi connectivity index (χ2v) is 3.62. The Kier molecular flexibility index (Phi) is 1.87. The Hall–Kier alpha value is -0.120. The molecule has 0 aromatic carbocycles. The fourth-order valence-electron chi connectivity index (χ4n) is 2.44. The van der Waals surface area contributed by atoms with Gasteiger partial charge in [-0.15, -0.1) is 0 Å². The summed E-state index contributed by atoms with van der Waals surface area (Å²) >= 11 is 0. The third-order valence-electron chi connectivity index (χ3n) is 3.04. The first-order valence-corrected chi connectivity index (χ1v) is 4.36. The molecule has 2 rings (SSSR count). The molecular weight excluding hydrogens is 142 g/mol. The number of hydrogen-bond acceptors (Lipinski definition) is 3. The van der Waals surface area contributed by atoms with E-state index in [1.165, 1.54) is 6.42 Å². The first-order chi connectivity index (χ1) is 5.33. The Balaban J connectivity index is 2.07. The lowest BCUT2D eigenvalue weighted by Crippen LogP contribution is -2.28. The molecule has 2 heterocycles. The van der Waals surface area contributed by atoms with Crippen molar-refractivity contribution in [2.24, 2.45) is 5.92 Å². The monoisotopic (exact) mass is 157 g/mol. The van der Waals surface area contributed by atoms with Crippen LogP contribution in [0.5, 0.6) is 0 Å². The van der Waals surface area contributed by atoms with Gasteiger partial charge in [0.2, 0.25) is 0 Å². The first kappa shape index (κ1) is 7.53. The van der Waals surface area contributed by atoms with Crippen LogP contribution >= 0.6 is 0 Å². The van der Waals surface area contributed by atoms with E-state index < -0.39 is 0 Å². The van der Waals surface area contributed by atoms with Crippen molar-refractivity contribution in [1.29, 1.82) is 0 Å². The smallest absolute Gasteiger partial charge is 0.0732 e. The molecular formula is C8H15NO2. The van der Waals surface area contributed by atoms with Crippen LogP contribution in [0.25, 0.3) is 0 Å². The number of nitrogens with zero attached hydrogens (tertiary/aromatic N) is 1. The molecule has 2 aliphatic heterocycles. The third kappa shape index (κ3) is 1.08. The maximum Gasteiger partial charge on any atom is 0.0732 e. The molecule has 0 aromatic rings. The minimum absolute atomic E-state index is 0.123. The van der Waals surface area contributed by atoms with E-state index in [1.807, 2.05) is 0 Å². The average molecular weight is 157 g/mol. The van der Waals surface area contributed by atoms with Gasteiger partial charge in [0.05, 0.1) is 6.10 Å². The highest BCUT2D eigenvalue weighted by molar-refractivity contribution is 4.96. The third-order valence-corrected chi connectivity index (χ3v) is 3.04. The van der Waals surface area contributed by atoms with Crippen molar-refractivity contribution in [1.82, 2.24) is 4.90 Å². The van der Waals surface area contributed by atoms with Crippen molar-refractivity contribution in [3.05, 3.63) is 0 Å². The molecule has 2 saturated heterocycles. The van der Waals surface area contributed by atoms with Crippen LogP contribution in [0.2, 0.25) is 0 Å². The van der Waals surface area contributed by atoms with Crippen molar-refractivity contribution >= 4 is 0 Å². The van der Waals surface area contributed by atoms with Crippen molar-refractivity contribution < 1.29 is 10.2 Å². The normalized spacial score (nSPS) is 44.7. The van der Waals surface area contributed by atoms with Crippen molar-refractivity contribution in [3.8, 4) is 0 Å². The number of aliphatic hydroxyl groups excluding tert-OH is 2. The Labute approximate surface area is 66.6 Å². The molecule has 11 heavy (non-hydrogen) atoms. The Morgan fingerprint density at radius 2 is 2.27 bits per heavy atom. The van der Waals surface area contributed by atoms with E-state index in [4.69, 9.17) is 5.11 Å². The molecule has 0 amide bonds. The minimum atomic E-state index is -0.287. The van der Waals surface area contributed by atoms with Crippen LogP contribution in [-0.4, -0.2) is 47.0 Å². The fraction of sp³-hybridized carbons (Fsp3) is 1.00. The fourth-order valence-corrected chi connectivity index (χ4v) is 2.44. The van der Waals surface area contributed by atoms with E-state index in [1.54, 1.807) is 0 Å². The van der Waals surface area contributed by atoms with Crippen molar-refractivity contribution in [2.45, 2.75) is 25.0 Å². The Bertz CT molecular complexity index is 151. The molecule has 2 N–H and O–H groups in total. The van der Waals surface area contributed by atoms with E-state index in [2.05, 4.69) is 4.90 Å². The van der Waals surface area contributed by atoms with Crippen LogP contribution in [0.4, 0.5) is 0 Å².